The molecule has 1 saturated heterocycles. The first-order chi connectivity index (χ1) is 12.6. The van der Waals surface area contributed by atoms with Gasteiger partial charge in [0.1, 0.15) is 5.82 Å². The van der Waals surface area contributed by atoms with E-state index < -0.39 is 0 Å². The highest BCUT2D eigenvalue weighted by Gasteiger charge is 2.18. The Morgan fingerprint density at radius 3 is 2.38 bits per heavy atom. The van der Waals surface area contributed by atoms with E-state index in [4.69, 9.17) is 17.0 Å². The highest BCUT2D eigenvalue weighted by Crippen LogP contribution is 2.13. The van der Waals surface area contributed by atoms with Crippen molar-refractivity contribution in [2.45, 2.75) is 6.54 Å². The van der Waals surface area contributed by atoms with Crippen molar-refractivity contribution in [2.24, 2.45) is 0 Å². The Kier molecular flexibility index (Phi) is 6.14. The summed E-state index contributed by atoms with van der Waals surface area (Å²) in [4.78, 5) is 14.2. The summed E-state index contributed by atoms with van der Waals surface area (Å²) in [6.07, 6.45) is 0. The number of anilines is 1. The van der Waals surface area contributed by atoms with Crippen LogP contribution >= 0.6 is 12.2 Å². The third-order valence-corrected chi connectivity index (χ3v) is 4.30. The predicted octanol–water partition coefficient (Wildman–Crippen LogP) is 2.78. The van der Waals surface area contributed by atoms with Crippen LogP contribution in [0.5, 0.6) is 0 Å². The van der Waals surface area contributed by atoms with Gasteiger partial charge in [0.25, 0.3) is 5.91 Å². The lowest BCUT2D eigenvalue weighted by Gasteiger charge is -2.26. The van der Waals surface area contributed by atoms with Crippen LogP contribution in [0.15, 0.2) is 48.5 Å². The van der Waals surface area contributed by atoms with Gasteiger partial charge < -0.3 is 20.3 Å². The molecule has 136 valence electrons. The minimum Gasteiger partial charge on any atom is -0.378 e. The fourth-order valence-electron chi connectivity index (χ4n) is 2.61. The van der Waals surface area contributed by atoms with Crippen LogP contribution in [0.2, 0.25) is 0 Å². The average molecular weight is 373 g/mol. The van der Waals surface area contributed by atoms with Gasteiger partial charge in [-0.25, -0.2) is 4.39 Å². The summed E-state index contributed by atoms with van der Waals surface area (Å²) in [5, 5.41) is 6.60. The number of amides is 1. The number of nitrogens with one attached hydrogen (secondary N) is 2. The molecule has 1 aliphatic heterocycles. The van der Waals surface area contributed by atoms with E-state index in [2.05, 4.69) is 10.6 Å². The molecule has 7 heteroatoms. The molecule has 1 amide bonds. The number of carbonyl (C=O) groups excluding carboxylic acids is 1. The Balaban J connectivity index is 1.50. The van der Waals surface area contributed by atoms with E-state index in [1.807, 2.05) is 12.1 Å². The number of carbonyl (C=O) groups is 1. The van der Waals surface area contributed by atoms with Gasteiger partial charge in [0.15, 0.2) is 5.11 Å². The monoisotopic (exact) mass is 373 g/mol. The molecule has 3 rings (SSSR count). The van der Waals surface area contributed by atoms with Gasteiger partial charge in [0.2, 0.25) is 0 Å². The third-order valence-electron chi connectivity index (χ3n) is 4.05. The van der Waals surface area contributed by atoms with E-state index in [1.54, 1.807) is 29.2 Å². The van der Waals surface area contributed by atoms with E-state index in [-0.39, 0.29) is 11.7 Å². The molecule has 5 nitrogen and oxygen atoms in total. The molecule has 26 heavy (non-hydrogen) atoms. The molecule has 1 aliphatic rings. The molecule has 2 aromatic carbocycles. The largest absolute Gasteiger partial charge is 0.378 e. The number of morpholine rings is 1. The molecule has 0 atom stereocenters. The van der Waals surface area contributed by atoms with Crippen molar-refractivity contribution >= 4 is 28.9 Å². The van der Waals surface area contributed by atoms with Gasteiger partial charge in [-0.2, -0.15) is 0 Å². The second-order valence-corrected chi connectivity index (χ2v) is 6.32. The van der Waals surface area contributed by atoms with Crippen LogP contribution in [0.4, 0.5) is 10.1 Å². The highest BCUT2D eigenvalue weighted by molar-refractivity contribution is 7.80. The highest BCUT2D eigenvalue weighted by atomic mass is 32.1. The fraction of sp³-hybridized carbons (Fsp3) is 0.263. The van der Waals surface area contributed by atoms with E-state index in [0.29, 0.717) is 43.5 Å². The van der Waals surface area contributed by atoms with E-state index in [9.17, 15) is 9.18 Å². The Labute approximate surface area is 157 Å². The first kappa shape index (κ1) is 18.3. The number of halogens is 1. The summed E-state index contributed by atoms with van der Waals surface area (Å²) in [6.45, 7) is 2.91. The average Bonchev–Trinajstić information content (AvgIpc) is 2.68. The maximum atomic E-state index is 12.9. The van der Waals surface area contributed by atoms with Gasteiger partial charge in [-0.1, -0.05) is 12.1 Å². The van der Waals surface area contributed by atoms with Crippen molar-refractivity contribution < 1.29 is 13.9 Å². The van der Waals surface area contributed by atoms with Gasteiger partial charge in [-0.3, -0.25) is 4.79 Å². The maximum Gasteiger partial charge on any atom is 0.254 e. The first-order valence-electron chi connectivity index (χ1n) is 8.38. The van der Waals surface area contributed by atoms with Gasteiger partial charge in [-0.05, 0) is 54.2 Å². The quantitative estimate of drug-likeness (QED) is 0.808. The van der Waals surface area contributed by atoms with E-state index in [0.717, 1.165) is 11.3 Å². The second-order valence-electron chi connectivity index (χ2n) is 5.92. The molecule has 0 aromatic heterocycles. The summed E-state index contributed by atoms with van der Waals surface area (Å²) in [5.74, 6) is -0.252. The van der Waals surface area contributed by atoms with Crippen molar-refractivity contribution in [3.63, 3.8) is 0 Å². The Hall–Kier alpha value is -2.51. The molecule has 0 unspecified atom stereocenters. The van der Waals surface area contributed by atoms with Gasteiger partial charge in [0.05, 0.1) is 13.2 Å². The summed E-state index contributed by atoms with van der Waals surface area (Å²) >= 11 is 5.26. The first-order valence-corrected chi connectivity index (χ1v) is 8.79. The maximum absolute atomic E-state index is 12.9. The van der Waals surface area contributed by atoms with Crippen LogP contribution in [0, 0.1) is 5.82 Å². The molecule has 2 N–H and O–H groups in total. The van der Waals surface area contributed by atoms with E-state index in [1.165, 1.54) is 12.1 Å². The minimum atomic E-state index is -0.263. The smallest absolute Gasteiger partial charge is 0.254 e. The summed E-state index contributed by atoms with van der Waals surface area (Å²) < 4.78 is 18.2. The lowest BCUT2D eigenvalue weighted by Crippen LogP contribution is -2.40. The summed E-state index contributed by atoms with van der Waals surface area (Å²) in [6, 6.07) is 13.4. The van der Waals surface area contributed by atoms with E-state index >= 15 is 0 Å². The topological polar surface area (TPSA) is 53.6 Å². The standard InChI is InChI=1S/C19H20FN3O2S/c20-16-5-1-14(2-6-16)13-21-19(26)22-17-7-3-15(4-8-17)18(24)23-9-11-25-12-10-23/h1-8H,9-13H2,(H2,21,22,26). The van der Waals surface area contributed by atoms with Gasteiger partial charge in [-0.15, -0.1) is 0 Å². The molecule has 0 bridgehead atoms. The SMILES string of the molecule is O=C(c1ccc(NC(=S)NCc2ccc(F)cc2)cc1)N1CCOCC1. The van der Waals surface area contributed by atoms with Crippen LogP contribution < -0.4 is 10.6 Å². The van der Waals surface area contributed by atoms with Gasteiger partial charge >= 0.3 is 0 Å². The number of nitrogens with zero attached hydrogens (tertiary/aromatic N) is 1. The number of thiocarbonyl (C=S) groups is 1. The van der Waals surface area contributed by atoms with Crippen molar-refractivity contribution in [3.8, 4) is 0 Å². The van der Waals surface area contributed by atoms with Crippen molar-refractivity contribution in [2.75, 3.05) is 31.6 Å². The van der Waals surface area contributed by atoms with Crippen LogP contribution in [-0.4, -0.2) is 42.2 Å². The van der Waals surface area contributed by atoms with Gasteiger partial charge in [0, 0.05) is 30.9 Å². The molecule has 1 heterocycles. The Morgan fingerprint density at radius 2 is 1.73 bits per heavy atom. The third kappa shape index (κ3) is 5.00. The molecule has 0 radical (unpaired) electrons. The summed E-state index contributed by atoms with van der Waals surface area (Å²) in [7, 11) is 0. The summed E-state index contributed by atoms with van der Waals surface area (Å²) in [5.41, 5.74) is 2.37. The molecular weight excluding hydrogens is 353 g/mol. The zero-order chi connectivity index (χ0) is 18.4. The van der Waals surface area contributed by atoms with Crippen LogP contribution in [0.1, 0.15) is 15.9 Å². The van der Waals surface area contributed by atoms with Crippen LogP contribution in [-0.2, 0) is 11.3 Å². The predicted molar refractivity (Wildman–Crippen MR) is 103 cm³/mol. The number of hydrogen-bond donors (Lipinski definition) is 2. The molecular formula is C19H20FN3O2S. The van der Waals surface area contributed by atoms with Crippen molar-refractivity contribution in [1.29, 1.82) is 0 Å². The van der Waals surface area contributed by atoms with Crippen LogP contribution in [0.3, 0.4) is 0 Å². The normalized spacial score (nSPS) is 14.0. The van der Waals surface area contributed by atoms with Crippen molar-refractivity contribution in [1.82, 2.24) is 10.2 Å². The lowest BCUT2D eigenvalue weighted by atomic mass is 10.1. The molecule has 2 aromatic rings. The number of rotatable bonds is 4. The molecule has 0 aliphatic carbocycles. The zero-order valence-electron chi connectivity index (χ0n) is 14.2. The number of ether oxygens (including phenoxy) is 1. The Morgan fingerprint density at radius 1 is 1.08 bits per heavy atom. The number of benzene rings is 2. The zero-order valence-corrected chi connectivity index (χ0v) is 15.0. The number of hydrogen-bond acceptors (Lipinski definition) is 3. The molecule has 0 spiro atoms. The van der Waals surface area contributed by atoms with Crippen LogP contribution in [0.25, 0.3) is 0 Å². The lowest BCUT2D eigenvalue weighted by molar-refractivity contribution is 0.0303. The molecule has 0 saturated carbocycles. The minimum absolute atomic E-state index is 0.0110. The Bertz CT molecular complexity index is 759. The second kappa shape index (κ2) is 8.73. The van der Waals surface area contributed by atoms with Crippen molar-refractivity contribution in [3.05, 3.63) is 65.5 Å². The molecule has 1 fully saturated rings. The fourth-order valence-corrected chi connectivity index (χ4v) is 2.80.